The number of thiazole rings is 1. The van der Waals surface area contributed by atoms with E-state index >= 15 is 0 Å². The number of halogens is 6. The van der Waals surface area contributed by atoms with Crippen LogP contribution in [0.4, 0.5) is 37.2 Å². The highest BCUT2D eigenvalue weighted by atomic mass is 32.1. The van der Waals surface area contributed by atoms with E-state index in [1.165, 1.54) is 29.5 Å². The van der Waals surface area contributed by atoms with Crippen LogP contribution in [0.25, 0.3) is 0 Å². The molecule has 2 aliphatic heterocycles. The Balaban J connectivity index is 1.13. The molecule has 0 bridgehead atoms. The van der Waals surface area contributed by atoms with Gasteiger partial charge in [0, 0.05) is 75.5 Å². The fourth-order valence-corrected chi connectivity index (χ4v) is 5.77. The smallest absolute Gasteiger partial charge is 0.405 e. The van der Waals surface area contributed by atoms with Crippen molar-refractivity contribution in [3.8, 4) is 5.75 Å². The number of nitrogens with zero attached hydrogens (tertiary/aromatic N) is 5. The van der Waals surface area contributed by atoms with Crippen molar-refractivity contribution in [2.45, 2.75) is 19.1 Å². The minimum Gasteiger partial charge on any atom is -0.405 e. The van der Waals surface area contributed by atoms with Gasteiger partial charge >= 0.3 is 12.5 Å². The van der Waals surface area contributed by atoms with Crippen molar-refractivity contribution < 1.29 is 35.9 Å². The second-order valence-electron chi connectivity index (χ2n) is 9.76. The molecule has 0 aliphatic carbocycles. The van der Waals surface area contributed by atoms with Gasteiger partial charge in [-0.2, -0.15) is 13.2 Å². The second kappa shape index (κ2) is 11.8. The van der Waals surface area contributed by atoms with E-state index in [4.69, 9.17) is 0 Å². The van der Waals surface area contributed by atoms with E-state index in [1.807, 2.05) is 14.7 Å². The molecule has 220 valence electrons. The first-order valence-corrected chi connectivity index (χ1v) is 13.8. The maximum Gasteiger partial charge on any atom is 0.573 e. The highest BCUT2D eigenvalue weighted by molar-refractivity contribution is 7.13. The lowest BCUT2D eigenvalue weighted by Gasteiger charge is -2.36. The third kappa shape index (κ3) is 7.22. The van der Waals surface area contributed by atoms with Gasteiger partial charge in [-0.05, 0) is 24.3 Å². The van der Waals surface area contributed by atoms with Crippen molar-refractivity contribution in [3.63, 3.8) is 0 Å². The summed E-state index contributed by atoms with van der Waals surface area (Å²) >= 11 is 1.35. The molecule has 0 radical (unpaired) electrons. The lowest BCUT2D eigenvalue weighted by atomic mass is 10.1. The van der Waals surface area contributed by atoms with Gasteiger partial charge in [0.25, 0.3) is 5.91 Å². The zero-order valence-corrected chi connectivity index (χ0v) is 22.6. The number of carbonyl (C=O) groups is 1. The summed E-state index contributed by atoms with van der Waals surface area (Å²) in [6.07, 6.45) is -9.18. The van der Waals surface area contributed by atoms with Crippen molar-refractivity contribution in [3.05, 3.63) is 70.7 Å². The van der Waals surface area contributed by atoms with Gasteiger partial charge in [0.1, 0.15) is 11.4 Å². The Bertz CT molecular complexity index is 1350. The first kappa shape index (κ1) is 29.0. The average molecular weight is 600 g/mol. The third-order valence-corrected chi connectivity index (χ3v) is 7.95. The van der Waals surface area contributed by atoms with Crippen molar-refractivity contribution in [1.82, 2.24) is 14.8 Å². The number of alkyl halides is 6. The molecular weight excluding hydrogens is 572 g/mol. The van der Waals surface area contributed by atoms with Crippen LogP contribution in [0, 0.1) is 0 Å². The molecule has 3 heterocycles. The second-order valence-corrected chi connectivity index (χ2v) is 10.6. The predicted octanol–water partition coefficient (Wildman–Crippen LogP) is 5.35. The van der Waals surface area contributed by atoms with E-state index in [-0.39, 0.29) is 11.7 Å². The quantitative estimate of drug-likeness (QED) is 0.357. The number of amides is 1. The summed E-state index contributed by atoms with van der Waals surface area (Å²) < 4.78 is 81.6. The average Bonchev–Trinajstić information content (AvgIpc) is 3.44. The van der Waals surface area contributed by atoms with Gasteiger partial charge in [0.15, 0.2) is 5.13 Å². The van der Waals surface area contributed by atoms with Gasteiger partial charge in [0.05, 0.1) is 5.56 Å². The molecule has 0 saturated carbocycles. The monoisotopic (exact) mass is 599 g/mol. The molecule has 2 aromatic carbocycles. The number of rotatable bonds is 6. The zero-order valence-electron chi connectivity index (χ0n) is 21.8. The van der Waals surface area contributed by atoms with Crippen LogP contribution in [0.3, 0.4) is 0 Å². The Morgan fingerprint density at radius 1 is 0.854 bits per heavy atom. The molecule has 2 saturated heterocycles. The van der Waals surface area contributed by atoms with E-state index in [9.17, 15) is 31.1 Å². The van der Waals surface area contributed by atoms with E-state index < -0.39 is 18.1 Å². The predicted molar refractivity (Wildman–Crippen MR) is 142 cm³/mol. The van der Waals surface area contributed by atoms with Gasteiger partial charge < -0.3 is 19.4 Å². The number of anilines is 2. The summed E-state index contributed by atoms with van der Waals surface area (Å²) in [5, 5.41) is 2.39. The summed E-state index contributed by atoms with van der Waals surface area (Å²) in [5.41, 5.74) is 0.537. The van der Waals surface area contributed by atoms with Crippen LogP contribution in [0.5, 0.6) is 5.75 Å². The van der Waals surface area contributed by atoms with Gasteiger partial charge in [-0.15, -0.1) is 24.5 Å². The van der Waals surface area contributed by atoms with Gasteiger partial charge in [-0.25, -0.2) is 4.98 Å². The lowest BCUT2D eigenvalue weighted by Crippen LogP contribution is -2.49. The molecule has 41 heavy (non-hydrogen) atoms. The third-order valence-electron chi connectivity index (χ3n) is 7.05. The number of benzene rings is 2. The largest absolute Gasteiger partial charge is 0.573 e. The standard InChI is InChI=1S/C27H27F6N5O2S/c28-26(29,30)20-5-3-6-21(16-20)36-12-14-37(15-13-36)24(39)22-18-41-25(34-22)38-10-8-35(9-11-38)17-19-4-1-2-7-23(19)40-27(31,32)33/h1-7,16,18H,8-15,17H2. The zero-order chi connectivity index (χ0) is 29.2. The maximum atomic E-state index is 13.1. The topological polar surface area (TPSA) is 52.2 Å². The van der Waals surface area contributed by atoms with Crippen LogP contribution in [-0.4, -0.2) is 79.4 Å². The molecule has 14 heteroatoms. The molecule has 3 aromatic rings. The summed E-state index contributed by atoms with van der Waals surface area (Å²) in [5.74, 6) is -0.433. The van der Waals surface area contributed by atoms with Crippen molar-refractivity contribution >= 4 is 28.1 Å². The van der Waals surface area contributed by atoms with Crippen LogP contribution in [-0.2, 0) is 12.7 Å². The normalized spacial score (nSPS) is 17.2. The lowest BCUT2D eigenvalue weighted by molar-refractivity contribution is -0.275. The van der Waals surface area contributed by atoms with Crippen LogP contribution >= 0.6 is 11.3 Å². The number of piperazine rings is 2. The Kier molecular flexibility index (Phi) is 8.32. The Labute approximate surface area is 236 Å². The van der Waals surface area contributed by atoms with Gasteiger partial charge in [-0.1, -0.05) is 24.3 Å². The molecule has 0 N–H and O–H groups in total. The van der Waals surface area contributed by atoms with E-state index in [0.717, 1.165) is 12.1 Å². The van der Waals surface area contributed by atoms with Crippen LogP contribution in [0.2, 0.25) is 0 Å². The number of hydrogen-bond acceptors (Lipinski definition) is 7. The number of hydrogen-bond donors (Lipinski definition) is 0. The number of carbonyl (C=O) groups excluding carboxylic acids is 1. The van der Waals surface area contributed by atoms with Crippen LogP contribution in [0.15, 0.2) is 53.9 Å². The molecule has 5 rings (SSSR count). The van der Waals surface area contributed by atoms with Gasteiger partial charge in [0.2, 0.25) is 0 Å². The minimum atomic E-state index is -4.76. The molecule has 1 amide bonds. The Hall–Kier alpha value is -3.52. The van der Waals surface area contributed by atoms with E-state index in [2.05, 4.69) is 9.72 Å². The number of ether oxygens (including phenoxy) is 1. The Morgan fingerprint density at radius 3 is 2.22 bits per heavy atom. The van der Waals surface area contributed by atoms with E-state index in [1.54, 1.807) is 28.5 Å². The highest BCUT2D eigenvalue weighted by Gasteiger charge is 2.33. The summed E-state index contributed by atoms with van der Waals surface area (Å²) in [4.78, 5) is 25.2. The van der Waals surface area contributed by atoms with Crippen molar-refractivity contribution in [2.75, 3.05) is 62.2 Å². The summed E-state index contributed by atoms with van der Waals surface area (Å²) in [7, 11) is 0. The van der Waals surface area contributed by atoms with Crippen molar-refractivity contribution in [2.24, 2.45) is 0 Å². The van der Waals surface area contributed by atoms with E-state index in [0.29, 0.717) is 81.0 Å². The molecule has 7 nitrogen and oxygen atoms in total. The maximum absolute atomic E-state index is 13.1. The van der Waals surface area contributed by atoms with Crippen LogP contribution in [0.1, 0.15) is 21.6 Å². The fraction of sp³-hybridized carbons (Fsp3) is 0.407. The first-order valence-electron chi connectivity index (χ1n) is 12.9. The minimum absolute atomic E-state index is 0.207. The first-order chi connectivity index (χ1) is 19.5. The number of aromatic nitrogens is 1. The molecule has 2 aliphatic rings. The fourth-order valence-electron chi connectivity index (χ4n) is 4.91. The van der Waals surface area contributed by atoms with Gasteiger partial charge in [-0.3, -0.25) is 9.69 Å². The molecule has 0 spiro atoms. The SMILES string of the molecule is O=C(c1csc(N2CCN(Cc3ccccc3OC(F)(F)F)CC2)n1)N1CCN(c2cccc(C(F)(F)F)c2)CC1. The highest BCUT2D eigenvalue weighted by Crippen LogP contribution is 2.32. The molecule has 2 fully saturated rings. The molecule has 1 aromatic heterocycles. The Morgan fingerprint density at radius 2 is 1.54 bits per heavy atom. The number of para-hydroxylation sites is 1. The molecule has 0 atom stereocenters. The van der Waals surface area contributed by atoms with Crippen molar-refractivity contribution in [1.29, 1.82) is 0 Å². The van der Waals surface area contributed by atoms with Crippen LogP contribution < -0.4 is 14.5 Å². The summed E-state index contributed by atoms with van der Waals surface area (Å²) in [6, 6.07) is 11.3. The molecule has 0 unspecified atom stereocenters. The summed E-state index contributed by atoms with van der Waals surface area (Å²) in [6.45, 7) is 4.24. The molecular formula is C27H27F6N5O2S.